The fourth-order valence-electron chi connectivity index (χ4n) is 3.50. The number of hydrogen-bond acceptors (Lipinski definition) is 5. The van der Waals surface area contributed by atoms with Gasteiger partial charge in [0.2, 0.25) is 5.91 Å². The molecule has 3 heterocycles. The second-order valence-corrected chi connectivity index (χ2v) is 7.34. The summed E-state index contributed by atoms with van der Waals surface area (Å²) in [6.45, 7) is 5.87. The van der Waals surface area contributed by atoms with Crippen LogP contribution >= 0.6 is 0 Å². The van der Waals surface area contributed by atoms with E-state index in [0.29, 0.717) is 12.6 Å². The van der Waals surface area contributed by atoms with Crippen LogP contribution in [0.3, 0.4) is 0 Å². The van der Waals surface area contributed by atoms with Gasteiger partial charge >= 0.3 is 0 Å². The average Bonchev–Trinajstić information content (AvgIpc) is 3.16. The van der Waals surface area contributed by atoms with Crippen LogP contribution in [0.25, 0.3) is 5.65 Å². The number of aromatic nitrogens is 3. The Balaban J connectivity index is 1.38. The highest BCUT2D eigenvalue weighted by atomic mass is 16.2. The number of fused-ring (bicyclic) bond motifs is 1. The molecule has 0 saturated carbocycles. The summed E-state index contributed by atoms with van der Waals surface area (Å²) >= 11 is 0. The zero-order valence-corrected chi connectivity index (χ0v) is 17.4. The maximum absolute atomic E-state index is 11.9. The Hall–Kier alpha value is -2.68. The van der Waals surface area contributed by atoms with Crippen LogP contribution in [0.5, 0.6) is 0 Å². The molecule has 0 spiro atoms. The molecular formula is C20H32N8O. The molecule has 0 unspecified atom stereocenters. The third-order valence-electron chi connectivity index (χ3n) is 5.12. The van der Waals surface area contributed by atoms with Gasteiger partial charge in [-0.05, 0) is 31.4 Å². The highest BCUT2D eigenvalue weighted by Crippen LogP contribution is 2.10. The Morgan fingerprint density at radius 2 is 2.03 bits per heavy atom. The first-order chi connectivity index (χ1) is 14.2. The summed E-state index contributed by atoms with van der Waals surface area (Å²) in [4.78, 5) is 18.4. The lowest BCUT2D eigenvalue weighted by Gasteiger charge is -2.32. The molecule has 0 radical (unpaired) electrons. The molecule has 158 valence electrons. The summed E-state index contributed by atoms with van der Waals surface area (Å²) in [6, 6.07) is 6.25. The Kier molecular flexibility index (Phi) is 7.80. The van der Waals surface area contributed by atoms with Crippen molar-refractivity contribution < 1.29 is 4.79 Å². The van der Waals surface area contributed by atoms with Gasteiger partial charge in [-0.25, -0.2) is 0 Å². The van der Waals surface area contributed by atoms with Gasteiger partial charge in [-0.15, -0.1) is 10.2 Å². The summed E-state index contributed by atoms with van der Waals surface area (Å²) < 4.78 is 2.00. The van der Waals surface area contributed by atoms with Gasteiger partial charge in [-0.2, -0.15) is 0 Å². The second-order valence-electron chi connectivity index (χ2n) is 7.34. The molecule has 0 aliphatic carbocycles. The van der Waals surface area contributed by atoms with Gasteiger partial charge in [-0.3, -0.25) is 19.1 Å². The van der Waals surface area contributed by atoms with Gasteiger partial charge in [0.15, 0.2) is 11.6 Å². The Morgan fingerprint density at radius 1 is 1.21 bits per heavy atom. The molecule has 0 bridgehead atoms. The standard InChI is InChI=1S/C20H32N8O/c1-3-10-22-19(29)15-27-13-8-16(9-14-27)24-20(21-2)23-11-7-18-26-25-17-6-4-5-12-28(17)18/h4-6,12,16H,3,7-11,13-15H2,1-2H3,(H,22,29)(H2,21,23,24). The monoisotopic (exact) mass is 400 g/mol. The Labute approximate surface area is 172 Å². The zero-order valence-electron chi connectivity index (χ0n) is 17.4. The van der Waals surface area contributed by atoms with E-state index >= 15 is 0 Å². The number of carbonyl (C=O) groups excluding carboxylic acids is 1. The van der Waals surface area contributed by atoms with Crippen LogP contribution in [0.15, 0.2) is 29.4 Å². The number of amides is 1. The van der Waals surface area contributed by atoms with Crippen LogP contribution in [-0.2, 0) is 11.2 Å². The number of pyridine rings is 1. The number of hydrogen-bond donors (Lipinski definition) is 3. The largest absolute Gasteiger partial charge is 0.356 e. The van der Waals surface area contributed by atoms with E-state index in [1.165, 1.54) is 0 Å². The van der Waals surface area contributed by atoms with E-state index in [1.807, 2.05) is 28.8 Å². The molecule has 0 atom stereocenters. The number of guanidine groups is 1. The predicted octanol–water partition coefficient (Wildman–Crippen LogP) is 0.427. The van der Waals surface area contributed by atoms with Gasteiger partial charge in [0, 0.05) is 51.9 Å². The lowest BCUT2D eigenvalue weighted by molar-refractivity contribution is -0.122. The van der Waals surface area contributed by atoms with E-state index < -0.39 is 0 Å². The molecule has 2 aromatic heterocycles. The fraction of sp³-hybridized carbons (Fsp3) is 0.600. The summed E-state index contributed by atoms with van der Waals surface area (Å²) in [5.74, 6) is 1.85. The topological polar surface area (TPSA) is 99.0 Å². The van der Waals surface area contributed by atoms with Crippen LogP contribution in [0.2, 0.25) is 0 Å². The molecule has 1 amide bonds. The van der Waals surface area contributed by atoms with Gasteiger partial charge < -0.3 is 16.0 Å². The minimum atomic E-state index is 0.122. The van der Waals surface area contributed by atoms with E-state index in [0.717, 1.165) is 69.3 Å². The molecule has 9 nitrogen and oxygen atoms in total. The predicted molar refractivity (Wildman–Crippen MR) is 114 cm³/mol. The van der Waals surface area contributed by atoms with Gasteiger partial charge in [0.25, 0.3) is 0 Å². The minimum Gasteiger partial charge on any atom is -0.356 e. The number of aliphatic imine (C=N–C) groups is 1. The molecule has 9 heteroatoms. The van der Waals surface area contributed by atoms with Gasteiger partial charge in [0.1, 0.15) is 5.82 Å². The summed E-state index contributed by atoms with van der Waals surface area (Å²) in [5, 5.41) is 18.2. The Bertz CT molecular complexity index is 810. The number of piperidine rings is 1. The second kappa shape index (κ2) is 10.8. The number of nitrogens with one attached hydrogen (secondary N) is 3. The molecule has 0 aromatic carbocycles. The normalized spacial score (nSPS) is 16.1. The van der Waals surface area contributed by atoms with E-state index in [1.54, 1.807) is 7.05 Å². The lowest BCUT2D eigenvalue weighted by atomic mass is 10.1. The molecule has 1 fully saturated rings. The van der Waals surface area contributed by atoms with Crippen molar-refractivity contribution in [1.82, 2.24) is 35.4 Å². The van der Waals surface area contributed by atoms with Crippen LogP contribution in [0.1, 0.15) is 32.0 Å². The van der Waals surface area contributed by atoms with Crippen LogP contribution < -0.4 is 16.0 Å². The first kappa shape index (κ1) is 21.0. The molecule has 3 rings (SSSR count). The zero-order chi connectivity index (χ0) is 20.5. The maximum Gasteiger partial charge on any atom is 0.234 e. The third kappa shape index (κ3) is 6.15. The number of nitrogens with zero attached hydrogens (tertiary/aromatic N) is 5. The van der Waals surface area contributed by atoms with Crippen molar-refractivity contribution in [2.24, 2.45) is 4.99 Å². The quantitative estimate of drug-likeness (QED) is 0.439. The van der Waals surface area contributed by atoms with Crippen molar-refractivity contribution in [3.63, 3.8) is 0 Å². The fourth-order valence-corrected chi connectivity index (χ4v) is 3.50. The van der Waals surface area contributed by atoms with E-state index in [9.17, 15) is 4.79 Å². The molecule has 1 saturated heterocycles. The third-order valence-corrected chi connectivity index (χ3v) is 5.12. The maximum atomic E-state index is 11.9. The average molecular weight is 401 g/mol. The molecule has 3 N–H and O–H groups in total. The number of rotatable bonds is 8. The van der Waals surface area contributed by atoms with E-state index in [-0.39, 0.29) is 5.91 Å². The van der Waals surface area contributed by atoms with Gasteiger partial charge in [-0.1, -0.05) is 13.0 Å². The first-order valence-electron chi connectivity index (χ1n) is 10.4. The van der Waals surface area contributed by atoms with Crippen molar-refractivity contribution in [2.45, 2.75) is 38.6 Å². The van der Waals surface area contributed by atoms with Crippen molar-refractivity contribution in [1.29, 1.82) is 0 Å². The highest BCUT2D eigenvalue weighted by molar-refractivity contribution is 5.80. The minimum absolute atomic E-state index is 0.122. The molecule has 2 aromatic rings. The molecular weight excluding hydrogens is 368 g/mol. The SMILES string of the molecule is CCCNC(=O)CN1CCC(NC(=NC)NCCc2nnc3ccccn23)CC1. The summed E-state index contributed by atoms with van der Waals surface area (Å²) in [5.41, 5.74) is 0.861. The lowest BCUT2D eigenvalue weighted by Crippen LogP contribution is -2.50. The molecule has 29 heavy (non-hydrogen) atoms. The first-order valence-corrected chi connectivity index (χ1v) is 10.4. The van der Waals surface area contributed by atoms with Crippen molar-refractivity contribution in [2.75, 3.05) is 39.8 Å². The summed E-state index contributed by atoms with van der Waals surface area (Å²) in [6.07, 6.45) is 5.70. The van der Waals surface area contributed by atoms with Crippen LogP contribution in [0, 0.1) is 0 Å². The van der Waals surface area contributed by atoms with Crippen molar-refractivity contribution in [3.05, 3.63) is 30.2 Å². The smallest absolute Gasteiger partial charge is 0.234 e. The van der Waals surface area contributed by atoms with Crippen LogP contribution in [-0.4, -0.2) is 77.2 Å². The highest BCUT2D eigenvalue weighted by Gasteiger charge is 2.21. The molecule has 1 aliphatic heterocycles. The Morgan fingerprint density at radius 3 is 2.79 bits per heavy atom. The molecule has 1 aliphatic rings. The van der Waals surface area contributed by atoms with Crippen LogP contribution in [0.4, 0.5) is 0 Å². The number of likely N-dealkylation sites (tertiary alicyclic amines) is 1. The van der Waals surface area contributed by atoms with E-state index in [4.69, 9.17) is 0 Å². The van der Waals surface area contributed by atoms with Crippen molar-refractivity contribution >= 4 is 17.5 Å². The van der Waals surface area contributed by atoms with E-state index in [2.05, 4.69) is 43.0 Å². The number of carbonyl (C=O) groups is 1. The van der Waals surface area contributed by atoms with Crippen molar-refractivity contribution in [3.8, 4) is 0 Å². The summed E-state index contributed by atoms with van der Waals surface area (Å²) in [7, 11) is 1.79. The van der Waals surface area contributed by atoms with Gasteiger partial charge in [0.05, 0.1) is 6.54 Å².